The average molecular weight is 397 g/mol. The number of nitrogens with zero attached hydrogens (tertiary/aromatic N) is 5. The molecule has 0 spiro atoms. The van der Waals surface area contributed by atoms with Gasteiger partial charge in [0.25, 0.3) is 5.91 Å². The molecule has 0 bridgehead atoms. The Morgan fingerprint density at radius 1 is 1.17 bits per heavy atom. The number of anilines is 2. The van der Waals surface area contributed by atoms with Crippen molar-refractivity contribution < 1.29 is 13.9 Å². The molecule has 0 radical (unpaired) electrons. The van der Waals surface area contributed by atoms with Gasteiger partial charge in [0.05, 0.1) is 30.4 Å². The van der Waals surface area contributed by atoms with Crippen molar-refractivity contribution in [2.75, 3.05) is 17.7 Å². The highest BCUT2D eigenvalue weighted by Crippen LogP contribution is 2.30. The SMILES string of the molecule is CCOc1cncc(-c2ccc(NC(=O)C(F)(CC)c3ccnc(N)n3)nc2)n1. The molecular formula is C19H20FN7O2. The average Bonchev–Trinajstić information content (AvgIpc) is 2.74. The molecule has 0 aromatic carbocycles. The van der Waals surface area contributed by atoms with Gasteiger partial charge in [0.15, 0.2) is 0 Å². The summed E-state index contributed by atoms with van der Waals surface area (Å²) in [5.74, 6) is -0.415. The fraction of sp³-hybridized carbons (Fsp3) is 0.263. The van der Waals surface area contributed by atoms with Crippen LogP contribution in [0.2, 0.25) is 0 Å². The van der Waals surface area contributed by atoms with Crippen molar-refractivity contribution in [1.82, 2.24) is 24.9 Å². The highest BCUT2D eigenvalue weighted by atomic mass is 19.1. The Bertz CT molecular complexity index is 1000. The molecular weight excluding hydrogens is 377 g/mol. The minimum atomic E-state index is -2.37. The van der Waals surface area contributed by atoms with E-state index in [1.807, 2.05) is 6.92 Å². The number of rotatable bonds is 7. The Hall–Kier alpha value is -3.69. The summed E-state index contributed by atoms with van der Waals surface area (Å²) in [4.78, 5) is 32.7. The van der Waals surface area contributed by atoms with E-state index in [2.05, 4.69) is 30.2 Å². The smallest absolute Gasteiger partial charge is 0.269 e. The van der Waals surface area contributed by atoms with Gasteiger partial charge in [-0.05, 0) is 31.5 Å². The first kappa shape index (κ1) is 20.1. The molecule has 3 heterocycles. The molecule has 3 aromatic heterocycles. The number of halogens is 1. The second kappa shape index (κ2) is 8.55. The minimum Gasteiger partial charge on any atom is -0.477 e. The number of hydrogen-bond acceptors (Lipinski definition) is 8. The second-order valence-corrected chi connectivity index (χ2v) is 6.02. The van der Waals surface area contributed by atoms with E-state index in [0.717, 1.165) is 0 Å². The summed E-state index contributed by atoms with van der Waals surface area (Å²) in [6, 6.07) is 4.56. The fourth-order valence-corrected chi connectivity index (χ4v) is 2.59. The van der Waals surface area contributed by atoms with Crippen molar-refractivity contribution in [2.24, 2.45) is 0 Å². The van der Waals surface area contributed by atoms with Gasteiger partial charge in [-0.1, -0.05) is 6.92 Å². The van der Waals surface area contributed by atoms with E-state index in [9.17, 15) is 4.79 Å². The first-order chi connectivity index (χ1) is 14.0. The van der Waals surface area contributed by atoms with Crippen molar-refractivity contribution in [3.8, 4) is 17.1 Å². The van der Waals surface area contributed by atoms with Gasteiger partial charge in [-0.15, -0.1) is 0 Å². The Labute approximate surface area is 166 Å². The normalized spacial score (nSPS) is 12.8. The highest BCUT2D eigenvalue weighted by molar-refractivity contribution is 5.97. The summed E-state index contributed by atoms with van der Waals surface area (Å²) >= 11 is 0. The molecule has 3 rings (SSSR count). The molecule has 3 aromatic rings. The molecule has 0 saturated carbocycles. The second-order valence-electron chi connectivity index (χ2n) is 6.02. The zero-order chi connectivity index (χ0) is 20.9. The number of alkyl halides is 1. The molecule has 29 heavy (non-hydrogen) atoms. The number of carbonyl (C=O) groups excluding carboxylic acids is 1. The van der Waals surface area contributed by atoms with Crippen molar-refractivity contribution in [2.45, 2.75) is 25.9 Å². The number of amides is 1. The molecule has 1 amide bonds. The molecule has 0 aliphatic carbocycles. The Balaban J connectivity index is 1.78. The van der Waals surface area contributed by atoms with Gasteiger partial charge in [-0.2, -0.15) is 0 Å². The standard InChI is InChI=1S/C19H20FN7O2/c1-3-19(20,14-7-8-23-18(21)26-14)17(28)27-15-6-5-12(9-24-15)13-10-22-11-16(25-13)29-4-2/h5-11H,3-4H2,1-2H3,(H2,21,23,26)(H,24,27,28). The number of nitrogen functional groups attached to an aromatic ring is 1. The molecule has 0 aliphatic heterocycles. The Morgan fingerprint density at radius 3 is 2.66 bits per heavy atom. The van der Waals surface area contributed by atoms with Crippen LogP contribution in [-0.4, -0.2) is 37.4 Å². The van der Waals surface area contributed by atoms with E-state index < -0.39 is 11.6 Å². The fourth-order valence-electron chi connectivity index (χ4n) is 2.59. The van der Waals surface area contributed by atoms with Gasteiger partial charge >= 0.3 is 0 Å². The maximum atomic E-state index is 15.4. The van der Waals surface area contributed by atoms with Gasteiger partial charge in [0.2, 0.25) is 17.5 Å². The molecule has 10 heteroatoms. The molecule has 0 fully saturated rings. The molecule has 0 saturated heterocycles. The topological polar surface area (TPSA) is 129 Å². The van der Waals surface area contributed by atoms with Crippen LogP contribution >= 0.6 is 0 Å². The summed E-state index contributed by atoms with van der Waals surface area (Å²) in [5.41, 5.74) is 4.27. The lowest BCUT2D eigenvalue weighted by molar-refractivity contribution is -0.128. The summed E-state index contributed by atoms with van der Waals surface area (Å²) in [6.07, 6.45) is 5.76. The number of aromatic nitrogens is 5. The number of hydrogen-bond donors (Lipinski definition) is 2. The first-order valence-electron chi connectivity index (χ1n) is 8.97. The van der Waals surface area contributed by atoms with Crippen LogP contribution in [0.1, 0.15) is 26.0 Å². The zero-order valence-corrected chi connectivity index (χ0v) is 16.0. The van der Waals surface area contributed by atoms with Crippen LogP contribution in [0, 0.1) is 0 Å². The van der Waals surface area contributed by atoms with E-state index in [1.165, 1.54) is 24.7 Å². The molecule has 1 unspecified atom stereocenters. The molecule has 1 atom stereocenters. The number of ether oxygens (including phenoxy) is 1. The van der Waals surface area contributed by atoms with Gasteiger partial charge in [-0.3, -0.25) is 9.78 Å². The van der Waals surface area contributed by atoms with Crippen LogP contribution < -0.4 is 15.8 Å². The highest BCUT2D eigenvalue weighted by Gasteiger charge is 2.40. The van der Waals surface area contributed by atoms with Crippen LogP contribution in [0.5, 0.6) is 5.88 Å². The van der Waals surface area contributed by atoms with Gasteiger partial charge in [0, 0.05) is 18.0 Å². The van der Waals surface area contributed by atoms with Crippen LogP contribution in [0.4, 0.5) is 16.2 Å². The predicted molar refractivity (Wildman–Crippen MR) is 105 cm³/mol. The van der Waals surface area contributed by atoms with Gasteiger partial charge in [-0.25, -0.2) is 24.3 Å². The van der Waals surface area contributed by atoms with Crippen LogP contribution in [0.3, 0.4) is 0 Å². The third kappa shape index (κ3) is 4.42. The lowest BCUT2D eigenvalue weighted by Crippen LogP contribution is -2.37. The van der Waals surface area contributed by atoms with E-state index >= 15 is 4.39 Å². The summed E-state index contributed by atoms with van der Waals surface area (Å²) in [7, 11) is 0. The third-order valence-corrected chi connectivity index (χ3v) is 4.13. The van der Waals surface area contributed by atoms with Gasteiger partial charge in [0.1, 0.15) is 5.82 Å². The molecule has 9 nitrogen and oxygen atoms in total. The van der Waals surface area contributed by atoms with Crippen molar-refractivity contribution >= 4 is 17.7 Å². The monoisotopic (exact) mass is 397 g/mol. The Kier molecular flexibility index (Phi) is 5.91. The van der Waals surface area contributed by atoms with E-state index in [0.29, 0.717) is 23.7 Å². The van der Waals surface area contributed by atoms with Crippen LogP contribution in [0.15, 0.2) is 43.0 Å². The van der Waals surface area contributed by atoms with Crippen LogP contribution in [0.25, 0.3) is 11.3 Å². The zero-order valence-electron chi connectivity index (χ0n) is 16.0. The quantitative estimate of drug-likeness (QED) is 0.622. The van der Waals surface area contributed by atoms with E-state index in [1.54, 1.807) is 25.3 Å². The summed E-state index contributed by atoms with van der Waals surface area (Å²) < 4.78 is 20.7. The maximum Gasteiger partial charge on any atom is 0.269 e. The van der Waals surface area contributed by atoms with E-state index in [4.69, 9.17) is 10.5 Å². The Morgan fingerprint density at radius 2 is 2.00 bits per heavy atom. The predicted octanol–water partition coefficient (Wildman–Crippen LogP) is 2.52. The first-order valence-corrected chi connectivity index (χ1v) is 8.97. The number of carbonyl (C=O) groups is 1. The number of nitrogens with one attached hydrogen (secondary N) is 1. The summed E-state index contributed by atoms with van der Waals surface area (Å²) in [5, 5.41) is 2.47. The number of nitrogens with two attached hydrogens (primary N) is 1. The molecule has 0 aliphatic rings. The van der Waals surface area contributed by atoms with Gasteiger partial charge < -0.3 is 15.8 Å². The van der Waals surface area contributed by atoms with Crippen LogP contribution in [-0.2, 0) is 10.5 Å². The minimum absolute atomic E-state index is 0.107. The van der Waals surface area contributed by atoms with Crippen molar-refractivity contribution in [1.29, 1.82) is 0 Å². The van der Waals surface area contributed by atoms with Crippen molar-refractivity contribution in [3.05, 3.63) is 48.7 Å². The summed E-state index contributed by atoms with van der Waals surface area (Å²) in [6.45, 7) is 3.87. The largest absolute Gasteiger partial charge is 0.477 e. The number of pyridine rings is 1. The lowest BCUT2D eigenvalue weighted by atomic mass is 9.97. The molecule has 150 valence electrons. The lowest BCUT2D eigenvalue weighted by Gasteiger charge is -2.22. The maximum absolute atomic E-state index is 15.4. The van der Waals surface area contributed by atoms with Crippen molar-refractivity contribution in [3.63, 3.8) is 0 Å². The molecule has 3 N–H and O–H groups in total. The van der Waals surface area contributed by atoms with E-state index in [-0.39, 0.29) is 23.9 Å². The third-order valence-electron chi connectivity index (χ3n) is 4.13.